The molecule has 1 aliphatic carbocycles. The van der Waals surface area contributed by atoms with E-state index in [2.05, 4.69) is 0 Å². The maximum Gasteiger partial charge on any atom is 0.338 e. The van der Waals surface area contributed by atoms with Crippen LogP contribution in [-0.4, -0.2) is 46.8 Å². The molecule has 0 atom stereocenters. The molecule has 1 saturated heterocycles. The Kier molecular flexibility index (Phi) is 7.93. The van der Waals surface area contributed by atoms with Crippen LogP contribution in [0.15, 0.2) is 48.5 Å². The van der Waals surface area contributed by atoms with E-state index in [0.717, 1.165) is 56.2 Å². The van der Waals surface area contributed by atoms with Gasteiger partial charge in [-0.15, -0.1) is 0 Å². The maximum atomic E-state index is 13.3. The molecule has 2 aromatic rings. The Morgan fingerprint density at radius 1 is 0.941 bits per heavy atom. The molecule has 0 radical (unpaired) electrons. The van der Waals surface area contributed by atoms with E-state index in [4.69, 9.17) is 4.74 Å². The first-order valence-electron chi connectivity index (χ1n) is 12.1. The van der Waals surface area contributed by atoms with Gasteiger partial charge in [-0.3, -0.25) is 9.59 Å². The summed E-state index contributed by atoms with van der Waals surface area (Å²) in [5.74, 6) is -0.951. The van der Waals surface area contributed by atoms with Gasteiger partial charge in [-0.25, -0.2) is 9.18 Å². The van der Waals surface area contributed by atoms with Crippen LogP contribution in [0.1, 0.15) is 66.4 Å². The van der Waals surface area contributed by atoms with E-state index in [1.54, 1.807) is 29.2 Å². The number of carbonyl (C=O) groups excluding carboxylic acids is 3. The Morgan fingerprint density at radius 3 is 2.26 bits per heavy atom. The molecule has 2 fully saturated rings. The summed E-state index contributed by atoms with van der Waals surface area (Å²) in [6.07, 6.45) is 6.60. The van der Waals surface area contributed by atoms with E-state index < -0.39 is 5.97 Å². The second-order valence-electron chi connectivity index (χ2n) is 9.13. The van der Waals surface area contributed by atoms with Crippen molar-refractivity contribution >= 4 is 17.8 Å². The first kappa shape index (κ1) is 23.9. The summed E-state index contributed by atoms with van der Waals surface area (Å²) in [6.45, 7) is 1.33. The van der Waals surface area contributed by atoms with Gasteiger partial charge in [0.05, 0.1) is 5.56 Å². The largest absolute Gasteiger partial charge is 0.452 e. The number of benzene rings is 2. The quantitative estimate of drug-likeness (QED) is 0.539. The standard InChI is InChI=1S/C27H31FN2O4/c28-23-14-10-21(11-15-23)18-30(24-5-2-1-3-6-24)26(32)19-34-27(33)22-12-8-20(9-13-22)17-29-16-4-7-25(29)31/h8-15,24H,1-7,16-19H2. The minimum atomic E-state index is -0.553. The van der Waals surface area contributed by atoms with Gasteiger partial charge in [0.2, 0.25) is 5.91 Å². The van der Waals surface area contributed by atoms with Crippen molar-refractivity contribution in [1.82, 2.24) is 9.80 Å². The lowest BCUT2D eigenvalue weighted by Crippen LogP contribution is -2.43. The summed E-state index contributed by atoms with van der Waals surface area (Å²) < 4.78 is 18.7. The lowest BCUT2D eigenvalue weighted by molar-refractivity contribution is -0.138. The lowest BCUT2D eigenvalue weighted by atomic mass is 9.93. The summed E-state index contributed by atoms with van der Waals surface area (Å²) in [6, 6.07) is 13.2. The molecule has 2 aliphatic rings. The van der Waals surface area contributed by atoms with E-state index in [0.29, 0.717) is 25.1 Å². The third-order valence-corrected chi connectivity index (χ3v) is 6.66. The number of ether oxygens (including phenoxy) is 1. The van der Waals surface area contributed by atoms with Gasteiger partial charge in [-0.1, -0.05) is 43.5 Å². The minimum absolute atomic E-state index is 0.0950. The fourth-order valence-corrected chi connectivity index (χ4v) is 4.73. The van der Waals surface area contributed by atoms with Crippen LogP contribution in [0.3, 0.4) is 0 Å². The number of amides is 2. The normalized spacial score (nSPS) is 16.5. The van der Waals surface area contributed by atoms with Gasteiger partial charge in [-0.05, 0) is 54.7 Å². The molecule has 0 bridgehead atoms. The summed E-state index contributed by atoms with van der Waals surface area (Å²) in [7, 11) is 0. The molecular weight excluding hydrogens is 435 g/mol. The number of esters is 1. The van der Waals surface area contributed by atoms with Crippen molar-refractivity contribution in [2.24, 2.45) is 0 Å². The maximum absolute atomic E-state index is 13.3. The second kappa shape index (κ2) is 11.3. The number of carbonyl (C=O) groups is 3. The molecular formula is C27H31FN2O4. The van der Waals surface area contributed by atoms with Crippen molar-refractivity contribution in [3.63, 3.8) is 0 Å². The SMILES string of the molecule is O=C(OCC(=O)N(Cc1ccc(F)cc1)C1CCCCC1)c1ccc(CN2CCCC2=O)cc1. The van der Waals surface area contributed by atoms with Crippen molar-refractivity contribution in [2.75, 3.05) is 13.2 Å². The van der Waals surface area contributed by atoms with Gasteiger partial charge in [0.1, 0.15) is 5.82 Å². The lowest BCUT2D eigenvalue weighted by Gasteiger charge is -2.34. The summed E-state index contributed by atoms with van der Waals surface area (Å²) in [5, 5.41) is 0. The average molecular weight is 467 g/mol. The zero-order valence-corrected chi connectivity index (χ0v) is 19.4. The van der Waals surface area contributed by atoms with Gasteiger partial charge in [0.25, 0.3) is 5.91 Å². The number of halogens is 1. The average Bonchev–Trinajstić information content (AvgIpc) is 3.27. The second-order valence-corrected chi connectivity index (χ2v) is 9.13. The fourth-order valence-electron chi connectivity index (χ4n) is 4.73. The van der Waals surface area contributed by atoms with Crippen LogP contribution in [0.5, 0.6) is 0 Å². The molecule has 1 heterocycles. The molecule has 6 nitrogen and oxygen atoms in total. The molecule has 0 unspecified atom stereocenters. The van der Waals surface area contributed by atoms with Gasteiger partial charge < -0.3 is 14.5 Å². The Labute approximate surface area is 199 Å². The fraction of sp³-hybridized carbons (Fsp3) is 0.444. The zero-order valence-electron chi connectivity index (χ0n) is 19.4. The first-order valence-corrected chi connectivity index (χ1v) is 12.1. The molecule has 1 saturated carbocycles. The molecule has 180 valence electrons. The number of rotatable bonds is 8. The Morgan fingerprint density at radius 2 is 1.62 bits per heavy atom. The van der Waals surface area contributed by atoms with Gasteiger partial charge in [0, 0.05) is 32.1 Å². The third-order valence-electron chi connectivity index (χ3n) is 6.66. The Hall–Kier alpha value is -3.22. The van der Waals surface area contributed by atoms with E-state index >= 15 is 0 Å². The molecule has 0 spiro atoms. The minimum Gasteiger partial charge on any atom is -0.452 e. The van der Waals surface area contributed by atoms with Crippen LogP contribution in [0.25, 0.3) is 0 Å². The van der Waals surface area contributed by atoms with Crippen molar-refractivity contribution in [1.29, 1.82) is 0 Å². The number of hydrogen-bond acceptors (Lipinski definition) is 4. The van der Waals surface area contributed by atoms with E-state index in [1.165, 1.54) is 12.1 Å². The monoisotopic (exact) mass is 466 g/mol. The molecule has 7 heteroatoms. The molecule has 0 aromatic heterocycles. The molecule has 2 aromatic carbocycles. The Balaban J connectivity index is 1.34. The van der Waals surface area contributed by atoms with E-state index in [-0.39, 0.29) is 30.3 Å². The van der Waals surface area contributed by atoms with Crippen LogP contribution >= 0.6 is 0 Å². The summed E-state index contributed by atoms with van der Waals surface area (Å²) >= 11 is 0. The van der Waals surface area contributed by atoms with Crippen molar-refractivity contribution in [3.8, 4) is 0 Å². The molecule has 1 aliphatic heterocycles. The molecule has 4 rings (SSSR count). The van der Waals surface area contributed by atoms with Crippen molar-refractivity contribution in [2.45, 2.75) is 64.1 Å². The van der Waals surface area contributed by atoms with Gasteiger partial charge in [-0.2, -0.15) is 0 Å². The van der Waals surface area contributed by atoms with Crippen LogP contribution < -0.4 is 0 Å². The highest BCUT2D eigenvalue weighted by atomic mass is 19.1. The summed E-state index contributed by atoms with van der Waals surface area (Å²) in [5.41, 5.74) is 2.16. The predicted molar refractivity (Wildman–Crippen MR) is 125 cm³/mol. The number of nitrogens with zero attached hydrogens (tertiary/aromatic N) is 2. The zero-order chi connectivity index (χ0) is 23.9. The first-order chi connectivity index (χ1) is 16.5. The van der Waals surface area contributed by atoms with Crippen LogP contribution in [0.2, 0.25) is 0 Å². The van der Waals surface area contributed by atoms with Crippen LogP contribution in [0.4, 0.5) is 4.39 Å². The highest BCUT2D eigenvalue weighted by Crippen LogP contribution is 2.24. The molecule has 0 N–H and O–H groups in total. The van der Waals surface area contributed by atoms with Crippen molar-refractivity contribution in [3.05, 3.63) is 71.0 Å². The van der Waals surface area contributed by atoms with Crippen molar-refractivity contribution < 1.29 is 23.5 Å². The number of likely N-dealkylation sites (tertiary alicyclic amines) is 1. The predicted octanol–water partition coefficient (Wildman–Crippen LogP) is 4.47. The van der Waals surface area contributed by atoms with E-state index in [1.807, 2.05) is 17.0 Å². The highest BCUT2D eigenvalue weighted by molar-refractivity contribution is 5.91. The van der Waals surface area contributed by atoms with Crippen LogP contribution in [0, 0.1) is 5.82 Å². The van der Waals surface area contributed by atoms with Crippen LogP contribution in [-0.2, 0) is 27.4 Å². The van der Waals surface area contributed by atoms with Gasteiger partial charge in [0.15, 0.2) is 6.61 Å². The van der Waals surface area contributed by atoms with E-state index in [9.17, 15) is 18.8 Å². The molecule has 34 heavy (non-hydrogen) atoms. The third kappa shape index (κ3) is 6.22. The van der Waals surface area contributed by atoms with Gasteiger partial charge >= 0.3 is 5.97 Å². The molecule has 2 amide bonds. The number of hydrogen-bond donors (Lipinski definition) is 0. The summed E-state index contributed by atoms with van der Waals surface area (Å²) in [4.78, 5) is 41.0. The highest BCUT2D eigenvalue weighted by Gasteiger charge is 2.26. The Bertz CT molecular complexity index is 1000. The topological polar surface area (TPSA) is 66.9 Å². The smallest absolute Gasteiger partial charge is 0.338 e.